The van der Waals surface area contributed by atoms with E-state index in [1.54, 1.807) is 22.7 Å². The second kappa shape index (κ2) is 7.15. The molecule has 1 atom stereocenters. The summed E-state index contributed by atoms with van der Waals surface area (Å²) < 4.78 is 7.26. The number of carbonyl (C=O) groups excluding carboxylic acids is 1. The molecule has 6 rings (SSSR count). The number of fused-ring (bicyclic) bond motifs is 1. The fourth-order valence-corrected chi connectivity index (χ4v) is 4.50. The van der Waals surface area contributed by atoms with Crippen LogP contribution in [0.2, 0.25) is 5.02 Å². The molecule has 8 nitrogen and oxygen atoms in total. The lowest BCUT2D eigenvalue weighted by molar-refractivity contribution is 0.102. The number of amides is 1. The Kier molecular flexibility index (Phi) is 4.34. The molecule has 9 heteroatoms. The van der Waals surface area contributed by atoms with Gasteiger partial charge in [0.1, 0.15) is 11.3 Å². The van der Waals surface area contributed by atoms with Gasteiger partial charge in [-0.05, 0) is 49.3 Å². The Hall–Kier alpha value is -3.23. The first-order valence-electron chi connectivity index (χ1n) is 10.6. The van der Waals surface area contributed by atoms with Crippen molar-refractivity contribution < 1.29 is 9.32 Å². The summed E-state index contributed by atoms with van der Waals surface area (Å²) in [6.45, 7) is 2.96. The molecule has 2 N–H and O–H groups in total. The standard InChI is InChI=1S/C23H21ClN6O2/c1-13-2-3-14(20-28-22(32-29-20)17-10-23(5-6-23)12-26-17)8-16(13)27-21(31)18-11-25-19-9-15(24)4-7-30(18)19/h2-4,7-9,11,17,26H,5-6,10,12H2,1H3,(H,27,31). The largest absolute Gasteiger partial charge is 0.337 e. The molecule has 1 aliphatic carbocycles. The number of halogens is 1. The Morgan fingerprint density at radius 2 is 2.19 bits per heavy atom. The maximum absolute atomic E-state index is 13.0. The van der Waals surface area contributed by atoms with Gasteiger partial charge in [-0.3, -0.25) is 9.20 Å². The summed E-state index contributed by atoms with van der Waals surface area (Å²) in [6, 6.07) is 9.28. The third-order valence-corrected chi connectivity index (χ3v) is 6.74. The summed E-state index contributed by atoms with van der Waals surface area (Å²) >= 11 is 6.02. The number of benzene rings is 1. The van der Waals surface area contributed by atoms with E-state index in [-0.39, 0.29) is 11.9 Å². The van der Waals surface area contributed by atoms with Gasteiger partial charge in [0.2, 0.25) is 11.7 Å². The molecule has 1 spiro atoms. The molecule has 32 heavy (non-hydrogen) atoms. The highest BCUT2D eigenvalue weighted by molar-refractivity contribution is 6.30. The summed E-state index contributed by atoms with van der Waals surface area (Å²) in [7, 11) is 0. The fourth-order valence-electron chi connectivity index (χ4n) is 4.35. The normalized spacial score (nSPS) is 19.0. The van der Waals surface area contributed by atoms with E-state index in [9.17, 15) is 4.79 Å². The van der Waals surface area contributed by atoms with Crippen LogP contribution >= 0.6 is 11.6 Å². The number of aryl methyl sites for hydroxylation is 1. The molecule has 2 fully saturated rings. The molecule has 1 saturated heterocycles. The molecule has 1 unspecified atom stereocenters. The Balaban J connectivity index is 1.25. The lowest BCUT2D eigenvalue weighted by Crippen LogP contribution is -2.15. The molecular weight excluding hydrogens is 428 g/mol. The number of imidazole rings is 1. The molecule has 4 aromatic rings. The van der Waals surface area contributed by atoms with Crippen molar-refractivity contribution in [3.63, 3.8) is 0 Å². The van der Waals surface area contributed by atoms with Crippen molar-refractivity contribution in [2.45, 2.75) is 32.2 Å². The molecule has 3 aromatic heterocycles. The van der Waals surface area contributed by atoms with Gasteiger partial charge >= 0.3 is 0 Å². The highest BCUT2D eigenvalue weighted by Crippen LogP contribution is 2.54. The lowest BCUT2D eigenvalue weighted by Gasteiger charge is -2.09. The number of hydrogen-bond donors (Lipinski definition) is 2. The highest BCUT2D eigenvalue weighted by Gasteiger charge is 2.49. The number of rotatable bonds is 4. The van der Waals surface area contributed by atoms with Crippen molar-refractivity contribution >= 4 is 28.8 Å². The van der Waals surface area contributed by atoms with Crippen LogP contribution in [0.4, 0.5) is 5.69 Å². The Bertz CT molecular complexity index is 1360. The first-order chi connectivity index (χ1) is 15.5. The first-order valence-corrected chi connectivity index (χ1v) is 11.0. The average Bonchev–Trinajstić information content (AvgIpc) is 3.15. The van der Waals surface area contributed by atoms with E-state index in [2.05, 4.69) is 25.8 Å². The number of pyridine rings is 1. The quantitative estimate of drug-likeness (QED) is 0.480. The molecule has 1 aromatic carbocycles. The summed E-state index contributed by atoms with van der Waals surface area (Å²) in [4.78, 5) is 21.8. The van der Waals surface area contributed by atoms with E-state index in [4.69, 9.17) is 16.1 Å². The zero-order valence-electron chi connectivity index (χ0n) is 17.4. The smallest absolute Gasteiger partial charge is 0.274 e. The van der Waals surface area contributed by atoms with Crippen LogP contribution in [-0.4, -0.2) is 32.0 Å². The number of carbonyl (C=O) groups is 1. The predicted molar refractivity (Wildman–Crippen MR) is 120 cm³/mol. The van der Waals surface area contributed by atoms with Crippen LogP contribution in [0.25, 0.3) is 17.0 Å². The van der Waals surface area contributed by atoms with Crippen molar-refractivity contribution in [2.75, 3.05) is 11.9 Å². The van der Waals surface area contributed by atoms with Crippen LogP contribution in [0.15, 0.2) is 47.2 Å². The van der Waals surface area contributed by atoms with Gasteiger partial charge in [-0.25, -0.2) is 4.98 Å². The Morgan fingerprint density at radius 1 is 1.31 bits per heavy atom. The zero-order valence-corrected chi connectivity index (χ0v) is 18.2. The van der Waals surface area contributed by atoms with Crippen LogP contribution in [-0.2, 0) is 0 Å². The Labute approximate surface area is 189 Å². The van der Waals surface area contributed by atoms with Gasteiger partial charge in [-0.2, -0.15) is 4.98 Å². The minimum absolute atomic E-state index is 0.118. The van der Waals surface area contributed by atoms with E-state index < -0.39 is 0 Å². The highest BCUT2D eigenvalue weighted by atomic mass is 35.5. The number of hydrogen-bond acceptors (Lipinski definition) is 6. The molecule has 0 radical (unpaired) electrons. The van der Waals surface area contributed by atoms with Crippen LogP contribution in [0.1, 0.15) is 47.2 Å². The van der Waals surface area contributed by atoms with Gasteiger partial charge in [0, 0.05) is 35.1 Å². The van der Waals surface area contributed by atoms with Gasteiger partial charge in [0.25, 0.3) is 5.91 Å². The summed E-state index contributed by atoms with van der Waals surface area (Å²) in [5, 5.41) is 11.2. The van der Waals surface area contributed by atoms with Gasteiger partial charge in [-0.1, -0.05) is 28.9 Å². The number of nitrogens with zero attached hydrogens (tertiary/aromatic N) is 4. The SMILES string of the molecule is Cc1ccc(-c2noc(C3CC4(CC4)CN3)n2)cc1NC(=O)c1cnc2cc(Cl)ccn12. The molecule has 1 amide bonds. The molecule has 1 aliphatic heterocycles. The van der Waals surface area contributed by atoms with Crippen molar-refractivity contribution in [2.24, 2.45) is 5.41 Å². The van der Waals surface area contributed by atoms with Crippen LogP contribution in [0.5, 0.6) is 0 Å². The van der Waals surface area contributed by atoms with Crippen molar-refractivity contribution in [3.05, 3.63) is 64.9 Å². The minimum atomic E-state index is -0.265. The predicted octanol–water partition coefficient (Wildman–Crippen LogP) is 4.41. The molecule has 162 valence electrons. The second-order valence-corrected chi connectivity index (χ2v) is 9.23. The third-order valence-electron chi connectivity index (χ3n) is 6.51. The number of nitrogens with one attached hydrogen (secondary N) is 2. The maximum atomic E-state index is 13.0. The zero-order chi connectivity index (χ0) is 21.9. The van der Waals surface area contributed by atoms with Crippen molar-refractivity contribution in [1.29, 1.82) is 0 Å². The second-order valence-electron chi connectivity index (χ2n) is 8.79. The van der Waals surface area contributed by atoms with E-state index in [1.165, 1.54) is 19.0 Å². The van der Waals surface area contributed by atoms with Crippen molar-refractivity contribution in [3.8, 4) is 11.4 Å². The summed E-state index contributed by atoms with van der Waals surface area (Å²) in [5.74, 6) is 0.872. The van der Waals surface area contributed by atoms with E-state index in [1.807, 2.05) is 25.1 Å². The van der Waals surface area contributed by atoms with Crippen LogP contribution in [0.3, 0.4) is 0 Å². The van der Waals surface area contributed by atoms with Gasteiger partial charge in [0.05, 0.1) is 12.2 Å². The molecule has 1 saturated carbocycles. The lowest BCUT2D eigenvalue weighted by atomic mass is 10.0. The van der Waals surface area contributed by atoms with Gasteiger partial charge in [-0.15, -0.1) is 0 Å². The summed E-state index contributed by atoms with van der Waals surface area (Å²) in [6.07, 6.45) is 6.86. The monoisotopic (exact) mass is 448 g/mol. The van der Waals surface area contributed by atoms with E-state index >= 15 is 0 Å². The van der Waals surface area contributed by atoms with E-state index in [0.717, 1.165) is 24.1 Å². The van der Waals surface area contributed by atoms with Gasteiger partial charge < -0.3 is 15.2 Å². The minimum Gasteiger partial charge on any atom is -0.337 e. The molecule has 2 aliphatic rings. The Morgan fingerprint density at radius 3 is 3.00 bits per heavy atom. The van der Waals surface area contributed by atoms with E-state index in [0.29, 0.717) is 39.2 Å². The third kappa shape index (κ3) is 3.36. The molecule has 0 bridgehead atoms. The van der Waals surface area contributed by atoms with Crippen molar-refractivity contribution in [1.82, 2.24) is 24.8 Å². The molecule has 4 heterocycles. The first kappa shape index (κ1) is 19.5. The van der Waals surface area contributed by atoms with Crippen LogP contribution in [0, 0.1) is 12.3 Å². The summed E-state index contributed by atoms with van der Waals surface area (Å²) in [5.41, 5.74) is 3.87. The molecular formula is C23H21ClN6O2. The topological polar surface area (TPSA) is 97.4 Å². The maximum Gasteiger partial charge on any atom is 0.274 e. The fraction of sp³-hybridized carbons (Fsp3) is 0.304. The van der Waals surface area contributed by atoms with Crippen LogP contribution < -0.4 is 10.6 Å². The average molecular weight is 449 g/mol. The van der Waals surface area contributed by atoms with Gasteiger partial charge in [0.15, 0.2) is 0 Å². The number of anilines is 1. The number of aromatic nitrogens is 4.